The van der Waals surface area contributed by atoms with Gasteiger partial charge in [0.2, 0.25) is 0 Å². The van der Waals surface area contributed by atoms with Crippen LogP contribution in [0.4, 0.5) is 0 Å². The number of furan rings is 1. The monoisotopic (exact) mass is 719 g/mol. The number of allylic oxidation sites excluding steroid dienone is 2. The van der Waals surface area contributed by atoms with E-state index in [0.29, 0.717) is 5.57 Å². The zero-order valence-corrected chi connectivity index (χ0v) is 27.9. The second kappa shape index (κ2) is 13.7. The van der Waals surface area contributed by atoms with Gasteiger partial charge in [0.25, 0.3) is 0 Å². The average molecular weight is 719 g/mol. The molecule has 217 valence electrons. The summed E-state index contributed by atoms with van der Waals surface area (Å²) >= 11 is 0. The van der Waals surface area contributed by atoms with Crippen molar-refractivity contribution < 1.29 is 34.4 Å². The molecule has 0 saturated heterocycles. The van der Waals surface area contributed by atoms with Crippen molar-refractivity contribution in [2.24, 2.45) is 10.8 Å². The van der Waals surface area contributed by atoms with Gasteiger partial charge in [-0.3, -0.25) is 9.78 Å². The van der Waals surface area contributed by atoms with E-state index in [-0.39, 0.29) is 42.5 Å². The first kappa shape index (κ1) is 33.5. The number of rotatable bonds is 8. The number of nitrogens with zero attached hydrogens (tertiary/aromatic N) is 1. The van der Waals surface area contributed by atoms with E-state index in [0.717, 1.165) is 64.4 Å². The minimum absolute atomic E-state index is 0. The average Bonchev–Trinajstić information content (AvgIpc) is 3.45. The summed E-state index contributed by atoms with van der Waals surface area (Å²) in [5, 5.41) is 12.5. The fourth-order valence-corrected chi connectivity index (χ4v) is 5.05. The van der Waals surface area contributed by atoms with Crippen LogP contribution >= 0.6 is 0 Å². The number of aliphatic hydroxyl groups excluding tert-OH is 1. The Morgan fingerprint density at radius 3 is 2.10 bits per heavy atom. The topological polar surface area (TPSA) is 63.3 Å². The molecule has 0 saturated carbocycles. The number of pyridine rings is 1. The van der Waals surface area contributed by atoms with Crippen molar-refractivity contribution in [2.45, 2.75) is 88.0 Å². The Kier molecular flexibility index (Phi) is 11.5. The molecule has 1 N–H and O–H groups in total. The molecule has 0 bridgehead atoms. The number of carbonyl (C=O) groups excluding carboxylic acids is 1. The first-order chi connectivity index (χ1) is 18.4. The van der Waals surface area contributed by atoms with E-state index in [4.69, 9.17) is 9.40 Å². The van der Waals surface area contributed by atoms with Crippen molar-refractivity contribution in [3.63, 3.8) is 0 Å². The molecule has 4 rings (SSSR count). The smallest absolute Gasteiger partial charge is 0.167 e. The van der Waals surface area contributed by atoms with Crippen LogP contribution in [0.1, 0.15) is 85.3 Å². The number of aryl methyl sites for hydroxylation is 2. The minimum Gasteiger partial charge on any atom is -0.511 e. The van der Waals surface area contributed by atoms with E-state index in [1.165, 1.54) is 5.56 Å². The van der Waals surface area contributed by atoms with E-state index in [9.17, 15) is 9.90 Å². The maximum Gasteiger partial charge on any atom is 0.167 e. The van der Waals surface area contributed by atoms with E-state index >= 15 is 0 Å². The van der Waals surface area contributed by atoms with Gasteiger partial charge in [-0.25, -0.2) is 0 Å². The molecule has 2 aromatic carbocycles. The molecule has 0 aliphatic rings. The molecule has 0 aliphatic heterocycles. The Hall–Kier alpha value is -2.75. The maximum atomic E-state index is 12.5. The second-order valence-corrected chi connectivity index (χ2v) is 11.2. The summed E-state index contributed by atoms with van der Waals surface area (Å²) in [5.41, 5.74) is 6.05. The van der Waals surface area contributed by atoms with Gasteiger partial charge in [-0.05, 0) is 56.5 Å². The molecule has 0 aliphatic carbocycles. The van der Waals surface area contributed by atoms with Crippen molar-refractivity contribution in [1.82, 2.24) is 4.98 Å². The largest absolute Gasteiger partial charge is 0.511 e. The van der Waals surface area contributed by atoms with E-state index in [1.807, 2.05) is 58.0 Å². The number of fused-ring (bicyclic) bond motifs is 3. The van der Waals surface area contributed by atoms with Crippen LogP contribution in [0.15, 0.2) is 64.5 Å². The Balaban J connectivity index is 0.000000278. The number of carbonyl (C=O) groups is 1. The molecular weight excluding hydrogens is 675 g/mol. The molecule has 2 aromatic heterocycles. The summed E-state index contributed by atoms with van der Waals surface area (Å²) in [6.45, 7) is 18.1. The third-order valence-electron chi connectivity index (χ3n) is 8.64. The van der Waals surface area contributed by atoms with Crippen LogP contribution in [0, 0.1) is 30.7 Å². The molecule has 0 fully saturated rings. The molecule has 4 aromatic rings. The standard InChI is InChI=1S/C19H14NO.C16H30O2.Ir/c1-12-9-13(2)11-14(10-12)18-16-7-8-21-19(16)15-5-3-4-6-17(15)20-18;1-8-15(6,9-2)13(17)12(5)14(18)16(7,10-3)11-4;/h3-10H,1-2H3;17H,8-11H2,1-7H3;/q-1;;/b;13-12-;. The number of benzene rings is 2. The zero-order valence-electron chi connectivity index (χ0n) is 25.5. The van der Waals surface area contributed by atoms with Gasteiger partial charge in [-0.1, -0.05) is 67.5 Å². The Bertz CT molecular complexity index is 1470. The quantitative estimate of drug-likeness (QED) is 0.112. The number of aliphatic hydroxyl groups is 1. The van der Waals surface area contributed by atoms with Gasteiger partial charge in [-0.2, -0.15) is 0 Å². The van der Waals surface area contributed by atoms with Gasteiger partial charge in [0.15, 0.2) is 5.78 Å². The first-order valence-corrected chi connectivity index (χ1v) is 14.2. The van der Waals surface area contributed by atoms with Crippen molar-refractivity contribution in [1.29, 1.82) is 0 Å². The van der Waals surface area contributed by atoms with Gasteiger partial charge >= 0.3 is 0 Å². The normalized spacial score (nSPS) is 12.4. The van der Waals surface area contributed by atoms with Crippen molar-refractivity contribution in [3.8, 4) is 11.3 Å². The van der Waals surface area contributed by atoms with Gasteiger partial charge < -0.3 is 9.52 Å². The van der Waals surface area contributed by atoms with Crippen LogP contribution in [0.3, 0.4) is 0 Å². The second-order valence-electron chi connectivity index (χ2n) is 11.2. The van der Waals surface area contributed by atoms with Crippen molar-refractivity contribution in [3.05, 3.63) is 77.3 Å². The molecule has 1 radical (unpaired) electrons. The van der Waals surface area contributed by atoms with Crippen LogP contribution < -0.4 is 0 Å². The maximum absolute atomic E-state index is 12.5. The van der Waals surface area contributed by atoms with Crippen LogP contribution in [0.25, 0.3) is 33.1 Å². The number of Topliss-reactive ketones (excluding diaryl/α,β-unsaturated/α-hetero) is 1. The molecule has 40 heavy (non-hydrogen) atoms. The summed E-state index contributed by atoms with van der Waals surface area (Å²) < 4.78 is 5.70. The number of para-hydroxylation sites is 1. The Morgan fingerprint density at radius 2 is 1.52 bits per heavy atom. The first-order valence-electron chi connectivity index (χ1n) is 14.2. The van der Waals surface area contributed by atoms with E-state index in [1.54, 1.807) is 13.2 Å². The summed E-state index contributed by atoms with van der Waals surface area (Å²) in [5.74, 6) is 0.378. The summed E-state index contributed by atoms with van der Waals surface area (Å²) in [7, 11) is 0. The number of ketones is 1. The van der Waals surface area contributed by atoms with Crippen LogP contribution in [-0.2, 0) is 24.9 Å². The molecule has 2 heterocycles. The predicted molar refractivity (Wildman–Crippen MR) is 163 cm³/mol. The molecule has 0 amide bonds. The van der Waals surface area contributed by atoms with Crippen LogP contribution in [-0.4, -0.2) is 15.9 Å². The summed E-state index contributed by atoms with van der Waals surface area (Å²) in [6.07, 6.45) is 5.03. The third-order valence-corrected chi connectivity index (χ3v) is 8.64. The molecule has 0 atom stereocenters. The minimum atomic E-state index is -0.347. The van der Waals surface area contributed by atoms with Crippen LogP contribution in [0.2, 0.25) is 0 Å². The molecule has 0 unspecified atom stereocenters. The SMILES string of the molecule is CCC(C)(CC)C(=O)/C(C)=C(\O)C(C)(CC)CC.Cc1[c-]c(-c2nc3ccccc3c3occc23)cc(C)c1.[Ir]. The van der Waals surface area contributed by atoms with Crippen molar-refractivity contribution in [2.75, 3.05) is 0 Å². The fraction of sp³-hybridized carbons (Fsp3) is 0.429. The fourth-order valence-electron chi connectivity index (χ4n) is 5.05. The molecule has 5 heteroatoms. The van der Waals surface area contributed by atoms with Gasteiger partial charge in [-0.15, -0.1) is 34.9 Å². The van der Waals surface area contributed by atoms with Crippen molar-refractivity contribution >= 4 is 27.7 Å². The predicted octanol–water partition coefficient (Wildman–Crippen LogP) is 10.1. The van der Waals surface area contributed by atoms with E-state index < -0.39 is 0 Å². The van der Waals surface area contributed by atoms with Gasteiger partial charge in [0.05, 0.1) is 11.8 Å². The molecule has 0 spiro atoms. The van der Waals surface area contributed by atoms with Crippen LogP contribution in [0.5, 0.6) is 0 Å². The summed E-state index contributed by atoms with van der Waals surface area (Å²) in [6, 6.07) is 17.7. The van der Waals surface area contributed by atoms with Gasteiger partial charge in [0.1, 0.15) is 11.3 Å². The number of hydrogen-bond acceptors (Lipinski definition) is 4. The zero-order chi connectivity index (χ0) is 29.0. The number of hydrogen-bond donors (Lipinski definition) is 1. The Labute approximate surface area is 253 Å². The summed E-state index contributed by atoms with van der Waals surface area (Å²) in [4.78, 5) is 17.4. The third kappa shape index (κ3) is 6.75. The molecule has 4 nitrogen and oxygen atoms in total. The number of aromatic nitrogens is 1. The van der Waals surface area contributed by atoms with Gasteiger partial charge in [0, 0.05) is 47.3 Å². The Morgan fingerprint density at radius 1 is 0.925 bits per heavy atom. The molecular formula is C35H44IrNO3-. The van der Waals surface area contributed by atoms with E-state index in [2.05, 4.69) is 45.9 Å².